The summed E-state index contributed by atoms with van der Waals surface area (Å²) in [7, 11) is 0. The predicted octanol–water partition coefficient (Wildman–Crippen LogP) is 3.65. The molecule has 0 N–H and O–H groups in total. The summed E-state index contributed by atoms with van der Waals surface area (Å²) in [6.07, 6.45) is 6.68. The fourth-order valence-corrected chi connectivity index (χ4v) is 4.56. The van der Waals surface area contributed by atoms with Crippen LogP contribution in [-0.4, -0.2) is 52.1 Å². The molecule has 1 aromatic carbocycles. The third-order valence-corrected chi connectivity index (χ3v) is 6.11. The maximum absolute atomic E-state index is 13.4. The van der Waals surface area contributed by atoms with Crippen LogP contribution in [0.3, 0.4) is 0 Å². The molecule has 156 valence electrons. The molecule has 2 aliphatic rings. The van der Waals surface area contributed by atoms with Gasteiger partial charge in [0.15, 0.2) is 0 Å². The monoisotopic (exact) mass is 409 g/mol. The fraction of sp³-hybridized carbons (Fsp3) is 0.455. The van der Waals surface area contributed by atoms with Gasteiger partial charge in [0.2, 0.25) is 5.91 Å². The van der Waals surface area contributed by atoms with Gasteiger partial charge in [-0.3, -0.25) is 4.79 Å². The molecule has 7 nitrogen and oxygen atoms in total. The lowest BCUT2D eigenvalue weighted by Crippen LogP contribution is -2.46. The topological polar surface area (TPSA) is 75.4 Å². The van der Waals surface area contributed by atoms with Gasteiger partial charge in [-0.2, -0.15) is 4.98 Å². The first-order valence-electron chi connectivity index (χ1n) is 10.6. The molecule has 4 heterocycles. The summed E-state index contributed by atoms with van der Waals surface area (Å²) in [6, 6.07) is 6.13. The van der Waals surface area contributed by atoms with Gasteiger partial charge in [0, 0.05) is 31.7 Å². The van der Waals surface area contributed by atoms with Crippen molar-refractivity contribution in [1.29, 1.82) is 0 Å². The van der Waals surface area contributed by atoms with Crippen LogP contribution in [0.4, 0.5) is 10.2 Å². The van der Waals surface area contributed by atoms with Gasteiger partial charge in [0.25, 0.3) is 5.71 Å². The summed E-state index contributed by atoms with van der Waals surface area (Å²) >= 11 is 0. The quantitative estimate of drug-likeness (QED) is 0.657. The summed E-state index contributed by atoms with van der Waals surface area (Å²) in [5.41, 5.74) is 1.72. The number of piperidine rings is 2. The van der Waals surface area contributed by atoms with E-state index in [1.54, 1.807) is 12.1 Å². The Bertz CT molecular complexity index is 1050. The first-order valence-corrected chi connectivity index (χ1v) is 10.6. The third kappa shape index (κ3) is 3.51. The Labute approximate surface area is 173 Å². The highest BCUT2D eigenvalue weighted by atomic mass is 19.1. The Hall–Kier alpha value is -3.03. The smallest absolute Gasteiger partial charge is 0.263 e. The van der Waals surface area contributed by atoms with Gasteiger partial charge in [-0.1, -0.05) is 5.16 Å². The average molecular weight is 409 g/mol. The van der Waals surface area contributed by atoms with Crippen LogP contribution in [0.2, 0.25) is 0 Å². The number of benzene rings is 1. The Balaban J connectivity index is 1.46. The number of anilines is 1. The van der Waals surface area contributed by atoms with Crippen LogP contribution in [0.5, 0.6) is 0 Å². The van der Waals surface area contributed by atoms with Crippen LogP contribution in [0.1, 0.15) is 32.1 Å². The molecule has 1 amide bonds. The lowest BCUT2D eigenvalue weighted by Gasteiger charge is -2.36. The van der Waals surface area contributed by atoms with E-state index in [-0.39, 0.29) is 17.6 Å². The van der Waals surface area contributed by atoms with Crippen LogP contribution in [0, 0.1) is 11.7 Å². The lowest BCUT2D eigenvalue weighted by atomic mass is 9.95. The Morgan fingerprint density at radius 2 is 1.83 bits per heavy atom. The van der Waals surface area contributed by atoms with Crippen LogP contribution in [0.25, 0.3) is 22.4 Å². The molecular weight excluding hydrogens is 385 g/mol. The number of hydrogen-bond acceptors (Lipinski definition) is 6. The van der Waals surface area contributed by atoms with Gasteiger partial charge < -0.3 is 14.3 Å². The first kappa shape index (κ1) is 19.0. The van der Waals surface area contributed by atoms with E-state index in [2.05, 4.69) is 20.0 Å². The minimum atomic E-state index is -0.307. The number of carbonyl (C=O) groups is 1. The second kappa shape index (κ2) is 8.01. The zero-order valence-electron chi connectivity index (χ0n) is 16.8. The van der Waals surface area contributed by atoms with E-state index >= 15 is 0 Å². The number of hydrogen-bond donors (Lipinski definition) is 0. The molecule has 5 rings (SSSR count). The number of fused-ring (bicyclic) bond motifs is 1. The molecule has 0 spiro atoms. The fourth-order valence-electron chi connectivity index (χ4n) is 4.56. The zero-order valence-corrected chi connectivity index (χ0v) is 16.8. The van der Waals surface area contributed by atoms with Crippen molar-refractivity contribution in [3.05, 3.63) is 36.4 Å². The van der Waals surface area contributed by atoms with Gasteiger partial charge in [-0.25, -0.2) is 9.37 Å². The van der Waals surface area contributed by atoms with Crippen LogP contribution in [-0.2, 0) is 4.79 Å². The van der Waals surface area contributed by atoms with Crippen molar-refractivity contribution in [2.24, 2.45) is 5.92 Å². The Morgan fingerprint density at radius 3 is 2.63 bits per heavy atom. The molecule has 2 aromatic heterocycles. The molecule has 3 aromatic rings. The molecule has 2 fully saturated rings. The zero-order chi connectivity index (χ0) is 20.5. The number of carbonyl (C=O) groups excluding carboxylic acids is 1. The molecule has 2 saturated heterocycles. The summed E-state index contributed by atoms with van der Waals surface area (Å²) < 4.78 is 18.8. The van der Waals surface area contributed by atoms with E-state index < -0.39 is 0 Å². The number of halogens is 1. The van der Waals surface area contributed by atoms with E-state index in [9.17, 15) is 9.18 Å². The molecule has 1 atom stereocenters. The second-order valence-corrected chi connectivity index (χ2v) is 8.09. The van der Waals surface area contributed by atoms with E-state index in [4.69, 9.17) is 4.52 Å². The minimum absolute atomic E-state index is 0.0315. The van der Waals surface area contributed by atoms with Crippen molar-refractivity contribution in [1.82, 2.24) is 20.0 Å². The molecule has 0 radical (unpaired) electrons. The number of nitrogens with zero attached hydrogens (tertiary/aromatic N) is 5. The van der Waals surface area contributed by atoms with Crippen molar-refractivity contribution in [2.45, 2.75) is 32.1 Å². The summed E-state index contributed by atoms with van der Waals surface area (Å²) in [5, 5.41) is 4.88. The second-order valence-electron chi connectivity index (χ2n) is 8.09. The van der Waals surface area contributed by atoms with Gasteiger partial charge in [-0.15, -0.1) is 0 Å². The molecule has 0 aliphatic carbocycles. The number of likely N-dealkylation sites (tertiary alicyclic amines) is 1. The highest BCUT2D eigenvalue weighted by Crippen LogP contribution is 2.35. The Kier molecular flexibility index (Phi) is 5.06. The van der Waals surface area contributed by atoms with Crippen LogP contribution < -0.4 is 4.90 Å². The standard InChI is InChI=1S/C22H24FN5O2/c23-17-8-6-15(7-9-17)19-18-20(24-14-25-21(18)30-26-19)28-12-4-5-16(13-28)22(29)27-10-2-1-3-11-27/h6-9,14,16H,1-5,10-13H2/t16-/m0/s1. The van der Waals surface area contributed by atoms with Crippen LogP contribution >= 0.6 is 0 Å². The van der Waals surface area contributed by atoms with Crippen molar-refractivity contribution >= 4 is 22.8 Å². The largest absolute Gasteiger partial charge is 0.355 e. The van der Waals surface area contributed by atoms with Crippen molar-refractivity contribution in [3.8, 4) is 11.3 Å². The molecule has 0 saturated carbocycles. The average Bonchev–Trinajstić information content (AvgIpc) is 3.24. The van der Waals surface area contributed by atoms with Gasteiger partial charge in [-0.05, 0) is 56.4 Å². The molecule has 8 heteroatoms. The lowest BCUT2D eigenvalue weighted by molar-refractivity contribution is -0.136. The minimum Gasteiger partial charge on any atom is -0.355 e. The Morgan fingerprint density at radius 1 is 1.03 bits per heavy atom. The highest BCUT2D eigenvalue weighted by Gasteiger charge is 2.32. The van der Waals surface area contributed by atoms with E-state index in [1.165, 1.54) is 24.9 Å². The third-order valence-electron chi connectivity index (χ3n) is 6.11. The first-order chi connectivity index (χ1) is 14.7. The van der Waals surface area contributed by atoms with Crippen molar-refractivity contribution in [2.75, 3.05) is 31.1 Å². The van der Waals surface area contributed by atoms with Gasteiger partial charge in [0.05, 0.1) is 5.92 Å². The van der Waals surface area contributed by atoms with Gasteiger partial charge in [0.1, 0.15) is 29.0 Å². The SMILES string of the molecule is O=C([C@H]1CCCN(c2ncnc3onc(-c4ccc(F)cc4)c23)C1)N1CCCCC1. The van der Waals surface area contributed by atoms with Crippen molar-refractivity contribution < 1.29 is 13.7 Å². The molecular formula is C22H24FN5O2. The number of aromatic nitrogens is 3. The molecule has 0 unspecified atom stereocenters. The van der Waals surface area contributed by atoms with Crippen molar-refractivity contribution in [3.63, 3.8) is 0 Å². The summed E-state index contributed by atoms with van der Waals surface area (Å²) in [5.74, 6) is 0.639. The normalized spacial score (nSPS) is 20.0. The maximum atomic E-state index is 13.4. The molecule has 0 bridgehead atoms. The summed E-state index contributed by atoms with van der Waals surface area (Å²) in [4.78, 5) is 26.0. The number of amides is 1. The number of rotatable bonds is 3. The summed E-state index contributed by atoms with van der Waals surface area (Å²) in [6.45, 7) is 3.17. The maximum Gasteiger partial charge on any atom is 0.263 e. The molecule has 2 aliphatic heterocycles. The van der Waals surface area contributed by atoms with E-state index in [0.29, 0.717) is 23.3 Å². The van der Waals surface area contributed by atoms with Crippen LogP contribution in [0.15, 0.2) is 35.1 Å². The van der Waals surface area contributed by atoms with Gasteiger partial charge >= 0.3 is 0 Å². The molecule has 30 heavy (non-hydrogen) atoms. The van der Waals surface area contributed by atoms with E-state index in [1.807, 2.05) is 4.90 Å². The van der Waals surface area contributed by atoms with E-state index in [0.717, 1.165) is 56.7 Å². The predicted molar refractivity (Wildman–Crippen MR) is 110 cm³/mol. The highest BCUT2D eigenvalue weighted by molar-refractivity contribution is 5.98.